The first-order chi connectivity index (χ1) is 15.9. The van der Waals surface area contributed by atoms with Crippen LogP contribution in [0.2, 0.25) is 0 Å². The quantitative estimate of drug-likeness (QED) is 0.437. The maximum absolute atomic E-state index is 13.6. The molecule has 2 amide bonds. The lowest BCUT2D eigenvalue weighted by atomic mass is 10.2. The van der Waals surface area contributed by atoms with Crippen LogP contribution in [0.4, 0.5) is 14.9 Å². The Morgan fingerprint density at radius 2 is 1.88 bits per heavy atom. The zero-order valence-electron chi connectivity index (χ0n) is 18.1. The van der Waals surface area contributed by atoms with E-state index in [4.69, 9.17) is 0 Å². The zero-order valence-corrected chi connectivity index (χ0v) is 18.9. The highest BCUT2D eigenvalue weighted by Crippen LogP contribution is 2.33. The number of carbonyl (C=O) groups is 1. The number of rotatable bonds is 6. The van der Waals surface area contributed by atoms with Crippen LogP contribution in [0.3, 0.4) is 0 Å². The summed E-state index contributed by atoms with van der Waals surface area (Å²) < 4.78 is 14.9. The second-order valence-electron chi connectivity index (χ2n) is 7.42. The lowest BCUT2D eigenvalue weighted by Gasteiger charge is -2.10. The van der Waals surface area contributed by atoms with Gasteiger partial charge in [0.25, 0.3) is 5.56 Å². The summed E-state index contributed by atoms with van der Waals surface area (Å²) in [6.45, 7) is 3.92. The second-order valence-corrected chi connectivity index (χ2v) is 8.42. The molecule has 4 rings (SSSR count). The number of aromatic nitrogens is 3. The predicted molar refractivity (Wildman–Crippen MR) is 128 cm³/mol. The molecule has 0 unspecified atom stereocenters. The van der Waals surface area contributed by atoms with Crippen molar-refractivity contribution < 1.29 is 9.18 Å². The van der Waals surface area contributed by atoms with Crippen molar-refractivity contribution in [3.63, 3.8) is 0 Å². The molecule has 0 spiro atoms. The third-order valence-corrected chi connectivity index (χ3v) is 6.18. The Kier molecular flexibility index (Phi) is 6.60. The van der Waals surface area contributed by atoms with E-state index in [1.165, 1.54) is 28.2 Å². The third kappa shape index (κ3) is 5.32. The van der Waals surface area contributed by atoms with Crippen LogP contribution in [0, 0.1) is 19.7 Å². The predicted octanol–water partition coefficient (Wildman–Crippen LogP) is 4.61. The molecule has 2 heterocycles. The van der Waals surface area contributed by atoms with Crippen molar-refractivity contribution in [2.75, 3.05) is 11.9 Å². The molecule has 2 aromatic heterocycles. The number of aryl methyl sites for hydroxylation is 2. The van der Waals surface area contributed by atoms with Gasteiger partial charge in [-0.2, -0.15) is 5.10 Å². The summed E-state index contributed by atoms with van der Waals surface area (Å²) in [6, 6.07) is 17.0. The number of hydrogen-bond donors (Lipinski definition) is 2. The molecule has 33 heavy (non-hydrogen) atoms. The third-order valence-electron chi connectivity index (χ3n) is 4.96. The number of thiazole rings is 1. The van der Waals surface area contributed by atoms with Crippen LogP contribution in [-0.2, 0) is 6.54 Å². The minimum absolute atomic E-state index is 0.174. The Morgan fingerprint density at radius 3 is 2.64 bits per heavy atom. The average molecular weight is 464 g/mol. The summed E-state index contributed by atoms with van der Waals surface area (Å²) in [5.41, 5.74) is 3.08. The van der Waals surface area contributed by atoms with Gasteiger partial charge in [-0.15, -0.1) is 11.3 Å². The number of nitrogens with one attached hydrogen (secondary N) is 2. The minimum Gasteiger partial charge on any atom is -0.336 e. The molecule has 0 atom stereocenters. The van der Waals surface area contributed by atoms with Gasteiger partial charge in [0, 0.05) is 23.9 Å². The molecule has 0 bridgehead atoms. The van der Waals surface area contributed by atoms with Crippen molar-refractivity contribution >= 4 is 23.1 Å². The van der Waals surface area contributed by atoms with Gasteiger partial charge in [0.1, 0.15) is 16.5 Å². The van der Waals surface area contributed by atoms with Crippen molar-refractivity contribution in [3.05, 3.63) is 88.1 Å². The van der Waals surface area contributed by atoms with Crippen LogP contribution in [-0.4, -0.2) is 27.3 Å². The molecule has 0 radical (unpaired) electrons. The van der Waals surface area contributed by atoms with Crippen LogP contribution in [0.1, 0.15) is 11.3 Å². The van der Waals surface area contributed by atoms with Gasteiger partial charge in [0.2, 0.25) is 0 Å². The Hall–Kier alpha value is -3.85. The van der Waals surface area contributed by atoms with Gasteiger partial charge in [0.05, 0.1) is 17.1 Å². The molecule has 2 aromatic carbocycles. The SMILES string of the molecule is Cc1ccc(NC(=O)NCCn2nc(-c3sc(-c4ccccc4)nc3C)ccc2=O)cc1F. The summed E-state index contributed by atoms with van der Waals surface area (Å²) >= 11 is 1.51. The van der Waals surface area contributed by atoms with E-state index in [-0.39, 0.29) is 18.6 Å². The van der Waals surface area contributed by atoms with E-state index >= 15 is 0 Å². The first-order valence-electron chi connectivity index (χ1n) is 10.3. The Morgan fingerprint density at radius 1 is 1.09 bits per heavy atom. The molecule has 0 aliphatic carbocycles. The van der Waals surface area contributed by atoms with Crippen LogP contribution in [0.25, 0.3) is 21.1 Å². The lowest BCUT2D eigenvalue weighted by Crippen LogP contribution is -2.34. The fourth-order valence-corrected chi connectivity index (χ4v) is 4.23. The van der Waals surface area contributed by atoms with Crippen LogP contribution < -0.4 is 16.2 Å². The van der Waals surface area contributed by atoms with Crippen LogP contribution >= 0.6 is 11.3 Å². The van der Waals surface area contributed by atoms with Gasteiger partial charge in [-0.3, -0.25) is 4.79 Å². The summed E-state index contributed by atoms with van der Waals surface area (Å²) in [4.78, 5) is 29.9. The normalized spacial score (nSPS) is 10.8. The number of hydrogen-bond acceptors (Lipinski definition) is 5. The van der Waals surface area contributed by atoms with Crippen molar-refractivity contribution in [3.8, 4) is 21.1 Å². The van der Waals surface area contributed by atoms with Crippen molar-refractivity contribution in [2.45, 2.75) is 20.4 Å². The standard InChI is InChI=1S/C24H22FN5O2S/c1-15-8-9-18(14-19(15)25)28-24(32)26-12-13-30-21(31)11-10-20(29-30)22-16(2)27-23(33-22)17-6-4-3-5-7-17/h3-11,14H,12-13H2,1-2H3,(H2,26,28,32). The van der Waals surface area contributed by atoms with E-state index in [0.29, 0.717) is 16.9 Å². The molecule has 9 heteroatoms. The molecule has 168 valence electrons. The summed E-state index contributed by atoms with van der Waals surface area (Å²) in [5, 5.41) is 10.6. The summed E-state index contributed by atoms with van der Waals surface area (Å²) in [7, 11) is 0. The molecule has 0 fully saturated rings. The second kappa shape index (κ2) is 9.74. The van der Waals surface area contributed by atoms with Gasteiger partial charge >= 0.3 is 6.03 Å². The first kappa shape index (κ1) is 22.3. The topological polar surface area (TPSA) is 88.9 Å². The van der Waals surface area contributed by atoms with Crippen LogP contribution in [0.15, 0.2) is 65.5 Å². The van der Waals surface area contributed by atoms with Gasteiger partial charge < -0.3 is 10.6 Å². The van der Waals surface area contributed by atoms with Gasteiger partial charge in [-0.05, 0) is 37.6 Å². The van der Waals surface area contributed by atoms with Gasteiger partial charge in [0.15, 0.2) is 0 Å². The maximum Gasteiger partial charge on any atom is 0.319 e. The number of anilines is 1. The van der Waals surface area contributed by atoms with E-state index in [1.807, 2.05) is 37.3 Å². The molecule has 0 aliphatic heterocycles. The number of nitrogens with zero attached hydrogens (tertiary/aromatic N) is 3. The van der Waals surface area contributed by atoms with Crippen molar-refractivity contribution in [2.24, 2.45) is 0 Å². The van der Waals surface area contributed by atoms with E-state index in [0.717, 1.165) is 21.1 Å². The minimum atomic E-state index is -0.492. The fourth-order valence-electron chi connectivity index (χ4n) is 3.19. The largest absolute Gasteiger partial charge is 0.336 e. The molecule has 7 nitrogen and oxygen atoms in total. The zero-order chi connectivity index (χ0) is 23.4. The fraction of sp³-hybridized carbons (Fsp3) is 0.167. The monoisotopic (exact) mass is 463 g/mol. The maximum atomic E-state index is 13.6. The summed E-state index contributed by atoms with van der Waals surface area (Å²) in [5.74, 6) is -0.394. The number of amides is 2. The number of carbonyl (C=O) groups excluding carboxylic acids is 1. The highest BCUT2D eigenvalue weighted by atomic mass is 32.1. The Bertz CT molecular complexity index is 1350. The number of urea groups is 1. The van der Waals surface area contributed by atoms with E-state index in [2.05, 4.69) is 20.7 Å². The number of halogens is 1. The smallest absolute Gasteiger partial charge is 0.319 e. The summed E-state index contributed by atoms with van der Waals surface area (Å²) in [6.07, 6.45) is 0. The lowest BCUT2D eigenvalue weighted by molar-refractivity contribution is 0.251. The van der Waals surface area contributed by atoms with Gasteiger partial charge in [-0.1, -0.05) is 36.4 Å². The highest BCUT2D eigenvalue weighted by Gasteiger charge is 2.14. The molecule has 0 saturated heterocycles. The molecular formula is C24H22FN5O2S. The molecule has 0 saturated carbocycles. The van der Waals surface area contributed by atoms with E-state index in [1.54, 1.807) is 25.1 Å². The first-order valence-corrected chi connectivity index (χ1v) is 11.1. The van der Waals surface area contributed by atoms with E-state index < -0.39 is 11.8 Å². The van der Waals surface area contributed by atoms with Crippen molar-refractivity contribution in [1.29, 1.82) is 0 Å². The molecule has 2 N–H and O–H groups in total. The van der Waals surface area contributed by atoms with Crippen LogP contribution in [0.5, 0.6) is 0 Å². The highest BCUT2D eigenvalue weighted by molar-refractivity contribution is 7.18. The Balaban J connectivity index is 1.43. The van der Waals surface area contributed by atoms with Gasteiger partial charge in [-0.25, -0.2) is 18.9 Å². The van der Waals surface area contributed by atoms with E-state index in [9.17, 15) is 14.0 Å². The average Bonchev–Trinajstić information content (AvgIpc) is 3.20. The molecule has 4 aromatic rings. The Labute approximate surface area is 193 Å². The number of benzene rings is 2. The molecule has 0 aliphatic rings. The van der Waals surface area contributed by atoms with Crippen molar-refractivity contribution in [1.82, 2.24) is 20.1 Å². The molecular weight excluding hydrogens is 441 g/mol.